The summed E-state index contributed by atoms with van der Waals surface area (Å²) in [5.41, 5.74) is -2.66. The van der Waals surface area contributed by atoms with Crippen LogP contribution in [0.2, 0.25) is 10.2 Å². The van der Waals surface area contributed by atoms with Crippen LogP contribution in [-0.4, -0.2) is 90.0 Å². The molecule has 0 amide bonds. The minimum Gasteiger partial charge on any atom is -0.778 e. The Morgan fingerprint density at radius 3 is 2.12 bits per heavy atom. The minimum atomic E-state index is -4.86. The van der Waals surface area contributed by atoms with Crippen molar-refractivity contribution in [2.45, 2.75) is 71.6 Å². The van der Waals surface area contributed by atoms with Crippen LogP contribution in [0, 0.1) is 0 Å². The summed E-state index contributed by atoms with van der Waals surface area (Å²) in [6.45, 7) is 4.96. The van der Waals surface area contributed by atoms with Crippen molar-refractivity contribution in [1.29, 1.82) is 0 Å². The first-order valence-corrected chi connectivity index (χ1v) is 25.5. The van der Waals surface area contributed by atoms with E-state index in [0.717, 1.165) is 37.3 Å². The molecule has 24 heteroatoms. The van der Waals surface area contributed by atoms with E-state index in [4.69, 9.17) is 42.7 Å². The van der Waals surface area contributed by atoms with Gasteiger partial charge in [0.05, 0.1) is 54.0 Å². The molecular weight excluding hydrogens is 961 g/mol. The van der Waals surface area contributed by atoms with Crippen LogP contribution in [0.3, 0.4) is 0 Å². The number of carbonyl (C=O) groups is 3. The number of halogens is 5. The van der Waals surface area contributed by atoms with E-state index < -0.39 is 61.6 Å². The average molecular weight is 1010 g/mol. The predicted octanol–water partition coefficient (Wildman–Crippen LogP) is 7.82. The van der Waals surface area contributed by atoms with E-state index in [1.54, 1.807) is 13.8 Å². The SMILES string of the molecule is CC(C)OC(=O)c1cc(-n2c(=O)cc(C(F)(F)F)n(C)c2=O)ccc1Cl.CCCCCCCCSC(=O)Oc1cc(Cl)nnc1-c1ccccc1.C[S+](C)C.O=C(O)CNCP(=O)([O-])O. The first-order chi connectivity index (χ1) is 30.3. The van der Waals surface area contributed by atoms with Crippen LogP contribution in [0.15, 0.2) is 70.3 Å². The van der Waals surface area contributed by atoms with Crippen molar-refractivity contribution in [2.75, 3.05) is 37.4 Å². The number of esters is 1. The normalized spacial score (nSPS) is 11.8. The highest BCUT2D eigenvalue weighted by atomic mass is 35.5. The Hall–Kier alpha value is -4.21. The van der Waals surface area contributed by atoms with Crippen LogP contribution < -0.4 is 26.2 Å². The van der Waals surface area contributed by atoms with E-state index in [9.17, 15) is 46.6 Å². The van der Waals surface area contributed by atoms with Gasteiger partial charge in [-0.25, -0.2) is 19.0 Å². The monoisotopic (exact) mass is 1010 g/mol. The Balaban J connectivity index is 0.000000505. The summed E-state index contributed by atoms with van der Waals surface area (Å²) in [6.07, 6.45) is 7.77. The van der Waals surface area contributed by atoms with Gasteiger partial charge in [-0.15, -0.1) is 10.2 Å². The molecule has 65 heavy (non-hydrogen) atoms. The van der Waals surface area contributed by atoms with Gasteiger partial charge in [-0.05, 0) is 61.1 Å². The number of nitrogens with zero attached hydrogens (tertiary/aromatic N) is 4. The molecule has 0 bridgehead atoms. The van der Waals surface area contributed by atoms with Gasteiger partial charge in [0, 0.05) is 30.5 Å². The van der Waals surface area contributed by atoms with Gasteiger partial charge >= 0.3 is 29.1 Å². The van der Waals surface area contributed by atoms with Gasteiger partial charge in [0.15, 0.2) is 10.9 Å². The second-order valence-corrected chi connectivity index (χ2v) is 20.1. The number of hydrogen-bond donors (Lipinski definition) is 3. The number of aliphatic carboxylic acids is 1. The van der Waals surface area contributed by atoms with Gasteiger partial charge in [0.1, 0.15) is 19.0 Å². The number of carbonyl (C=O) groups excluding carboxylic acids is 2. The largest absolute Gasteiger partial charge is 0.778 e. The Morgan fingerprint density at radius 2 is 1.57 bits per heavy atom. The van der Waals surface area contributed by atoms with Crippen molar-refractivity contribution >= 4 is 70.7 Å². The van der Waals surface area contributed by atoms with Crippen LogP contribution in [0.25, 0.3) is 16.9 Å². The summed E-state index contributed by atoms with van der Waals surface area (Å²) >= 11 is 13.0. The highest BCUT2D eigenvalue weighted by Gasteiger charge is 2.35. The molecule has 2 aromatic carbocycles. The van der Waals surface area contributed by atoms with Crippen molar-refractivity contribution in [2.24, 2.45) is 7.05 Å². The minimum absolute atomic E-state index is 0.0104. The number of hydrogen-bond acceptors (Lipinski definition) is 13. The van der Waals surface area contributed by atoms with Crippen molar-refractivity contribution < 1.29 is 56.5 Å². The fourth-order valence-electron chi connectivity index (χ4n) is 4.91. The van der Waals surface area contributed by atoms with Crippen LogP contribution in [0.1, 0.15) is 75.3 Å². The van der Waals surface area contributed by atoms with Crippen LogP contribution >= 0.6 is 42.6 Å². The third-order valence-corrected chi connectivity index (χ3v) is 9.61. The molecule has 1 unspecified atom stereocenters. The number of carboxylic acids is 1. The Morgan fingerprint density at radius 1 is 0.969 bits per heavy atom. The molecule has 0 aliphatic rings. The van der Waals surface area contributed by atoms with Gasteiger partial charge in [-0.2, -0.15) is 13.2 Å². The highest BCUT2D eigenvalue weighted by molar-refractivity contribution is 8.13. The number of thioether (sulfide) groups is 1. The standard InChI is InChI=1S/C19H23ClN2O2S.C16H14ClF3N2O4.C3H8NO5P.C3H9S/c1-2-3-4-5-6-10-13-25-19(23)24-16-14-17(20)21-22-18(16)15-11-8-7-9-12-15;1-8(2)26-14(24)10-6-9(4-5-11(10)17)22-13(23)7-12(16(18,19)20)21(3)15(22)25;5-3(6)1-4-2-10(7,8)9;1-4(2)3/h7-9,11-12,14H,2-6,10,13H2,1H3;4-8H,1-3H3;4H,1-2H2,(H,5,6)(H2,7,8,9);1-3H3/q;;;+1/p-1. The molecule has 0 aliphatic carbocycles. The molecule has 0 fully saturated rings. The van der Waals surface area contributed by atoms with Gasteiger partial charge in [0.25, 0.3) is 5.56 Å². The fraction of sp³-hybridized carbons (Fsp3) is 0.439. The molecule has 16 nitrogen and oxygen atoms in total. The summed E-state index contributed by atoms with van der Waals surface area (Å²) in [5, 5.41) is 17.8. The molecule has 3 N–H and O–H groups in total. The summed E-state index contributed by atoms with van der Waals surface area (Å²) in [4.78, 5) is 76.3. The summed E-state index contributed by atoms with van der Waals surface area (Å²) in [7, 11) is -2.81. The maximum atomic E-state index is 12.9. The van der Waals surface area contributed by atoms with Gasteiger partial charge in [-0.1, -0.05) is 92.6 Å². The maximum absolute atomic E-state index is 12.9. The number of carboxylic acid groups (broad SMARTS) is 1. The highest BCUT2D eigenvalue weighted by Crippen LogP contribution is 2.31. The molecule has 4 aromatic rings. The number of nitrogens with one attached hydrogen (secondary N) is 1. The van der Waals surface area contributed by atoms with Crippen molar-refractivity contribution in [3.8, 4) is 22.7 Å². The van der Waals surface area contributed by atoms with E-state index in [1.807, 2.05) is 35.6 Å². The van der Waals surface area contributed by atoms with Crippen LogP contribution in [-0.2, 0) is 38.2 Å². The lowest BCUT2D eigenvalue weighted by atomic mass is 10.1. The lowest BCUT2D eigenvalue weighted by molar-refractivity contribution is -0.193. The zero-order valence-electron chi connectivity index (χ0n) is 36.7. The number of alkyl halides is 3. The molecule has 1 atom stereocenters. The molecule has 2 heterocycles. The van der Waals surface area contributed by atoms with Crippen LogP contribution in [0.5, 0.6) is 5.75 Å². The Kier molecular flexibility index (Phi) is 26.6. The second-order valence-electron chi connectivity index (χ2n) is 14.2. The molecule has 0 radical (unpaired) electrons. The lowest BCUT2D eigenvalue weighted by Gasteiger charge is -2.15. The van der Waals surface area contributed by atoms with Crippen molar-refractivity contribution in [3.63, 3.8) is 0 Å². The number of rotatable bonds is 16. The van der Waals surface area contributed by atoms with E-state index in [2.05, 4.69) is 35.9 Å². The van der Waals surface area contributed by atoms with E-state index in [1.165, 1.54) is 55.6 Å². The number of aromatic nitrogens is 4. The smallest absolute Gasteiger partial charge is 0.431 e. The van der Waals surface area contributed by atoms with Crippen LogP contribution in [0.4, 0.5) is 18.0 Å². The topological polar surface area (TPSA) is 232 Å². The summed E-state index contributed by atoms with van der Waals surface area (Å²) in [6, 6.07) is 14.9. The zero-order chi connectivity index (χ0) is 49.5. The second kappa shape index (κ2) is 29.4. The van der Waals surface area contributed by atoms with Crippen molar-refractivity contribution in [1.82, 2.24) is 24.6 Å². The van der Waals surface area contributed by atoms with Gasteiger partial charge in [-0.3, -0.25) is 19.5 Å². The maximum Gasteiger partial charge on any atom is 0.431 e. The number of ether oxygens (including phenoxy) is 2. The Labute approximate surface area is 391 Å². The molecule has 0 spiro atoms. The van der Waals surface area contributed by atoms with E-state index in [0.29, 0.717) is 37.5 Å². The molecule has 0 aliphatic heterocycles. The number of unbranched alkanes of at least 4 members (excludes halogenated alkanes) is 5. The summed E-state index contributed by atoms with van der Waals surface area (Å²) in [5.74, 6) is -0.860. The molecular formula is C41H53Cl2F3N5O11PS2. The Bertz CT molecular complexity index is 2310. The lowest BCUT2D eigenvalue weighted by Crippen LogP contribution is -2.40. The number of benzene rings is 2. The zero-order valence-corrected chi connectivity index (χ0v) is 40.8. The van der Waals surface area contributed by atoms with Crippen molar-refractivity contribution in [3.05, 3.63) is 103 Å². The predicted molar refractivity (Wildman–Crippen MR) is 248 cm³/mol. The summed E-state index contributed by atoms with van der Waals surface area (Å²) < 4.78 is 59.9. The quantitative estimate of drug-likeness (QED) is 0.0420. The van der Waals surface area contributed by atoms with Gasteiger partial charge in [0.2, 0.25) is 0 Å². The third kappa shape index (κ3) is 23.7. The van der Waals surface area contributed by atoms with E-state index in [-0.39, 0.29) is 26.7 Å². The third-order valence-electron chi connectivity index (χ3n) is 7.66. The molecule has 360 valence electrons. The molecule has 0 saturated carbocycles. The molecule has 2 aromatic heterocycles. The first kappa shape index (κ1) is 58.8. The fourth-order valence-corrected chi connectivity index (χ4v) is 6.30. The van der Waals surface area contributed by atoms with Gasteiger partial charge < -0.3 is 28.9 Å². The van der Waals surface area contributed by atoms with E-state index >= 15 is 0 Å². The average Bonchev–Trinajstić information content (AvgIpc) is 3.19. The molecule has 4 rings (SSSR count). The molecule has 0 saturated heterocycles. The first-order valence-electron chi connectivity index (χ1n) is 19.6.